The first-order valence-corrected chi connectivity index (χ1v) is 12.6. The van der Waals surface area contributed by atoms with Crippen LogP contribution in [0.25, 0.3) is 0 Å². The third-order valence-corrected chi connectivity index (χ3v) is 7.00. The molecule has 0 heterocycles. The molecule has 0 amide bonds. The Morgan fingerprint density at radius 2 is 1.75 bits per heavy atom. The molecule has 1 aliphatic carbocycles. The van der Waals surface area contributed by atoms with Crippen LogP contribution in [0, 0.1) is 17.8 Å². The van der Waals surface area contributed by atoms with Crippen LogP contribution >= 0.6 is 0 Å². The van der Waals surface area contributed by atoms with Crippen LogP contribution in [-0.2, 0) is 6.42 Å². The van der Waals surface area contributed by atoms with E-state index in [1.807, 2.05) is 12.3 Å². The summed E-state index contributed by atoms with van der Waals surface area (Å²) < 4.78 is 0. The molecule has 0 aromatic heterocycles. The third-order valence-electron chi connectivity index (χ3n) is 7.00. The van der Waals surface area contributed by atoms with Crippen LogP contribution in [0.5, 0.6) is 0 Å². The van der Waals surface area contributed by atoms with Gasteiger partial charge in [-0.15, -0.1) is 6.58 Å². The first-order valence-electron chi connectivity index (χ1n) is 12.6. The van der Waals surface area contributed by atoms with E-state index in [-0.39, 0.29) is 0 Å². The second kappa shape index (κ2) is 13.2. The molecule has 0 saturated heterocycles. The molecule has 0 aliphatic heterocycles. The lowest BCUT2D eigenvalue weighted by molar-refractivity contribution is 0.232. The standard InChI is InChI=1S/C30H40N2/c1-4-6-8-12-25-15-17-26(18-16-25)23-31-32-30(28-13-9-7-10-14-28)29-21-19-27(20-22-29)24(3)11-5-2/h4,7,9-10,13-18,23-24,27,29H,1,5-6,8,11-12,19-22H2,2-3H3/t24?,27-,29-. The fraction of sp³-hybridized carbons (Fsp3) is 0.467. The number of aryl methyl sites for hydroxylation is 1. The molecule has 0 N–H and O–H groups in total. The molecule has 2 nitrogen and oxygen atoms in total. The zero-order valence-corrected chi connectivity index (χ0v) is 20.0. The minimum Gasteiger partial charge on any atom is -0.158 e. The summed E-state index contributed by atoms with van der Waals surface area (Å²) in [5.74, 6) is 2.22. The number of rotatable bonds is 11. The number of unbranched alkanes of at least 4 members (excludes halogenated alkanes) is 1. The van der Waals surface area contributed by atoms with Gasteiger partial charge in [0, 0.05) is 5.92 Å². The van der Waals surface area contributed by atoms with Gasteiger partial charge in [0.2, 0.25) is 0 Å². The number of nitrogens with zero attached hydrogens (tertiary/aromatic N) is 2. The van der Waals surface area contributed by atoms with Gasteiger partial charge in [-0.3, -0.25) is 0 Å². The van der Waals surface area contributed by atoms with Gasteiger partial charge in [0.25, 0.3) is 0 Å². The van der Waals surface area contributed by atoms with Crippen molar-refractivity contribution < 1.29 is 0 Å². The highest BCUT2D eigenvalue weighted by atomic mass is 15.2. The van der Waals surface area contributed by atoms with E-state index in [0.717, 1.165) is 42.4 Å². The molecular weight excluding hydrogens is 388 g/mol. The molecule has 2 aromatic carbocycles. The average molecular weight is 429 g/mol. The lowest BCUT2D eigenvalue weighted by Crippen LogP contribution is -2.25. The average Bonchev–Trinajstić information content (AvgIpc) is 2.84. The van der Waals surface area contributed by atoms with Crippen molar-refractivity contribution in [3.05, 3.63) is 83.9 Å². The SMILES string of the molecule is C=CCCCc1ccc(C=NN=C(c2ccccc2)[C@H]2CC[C@H](C(C)CCC)CC2)cc1. The van der Waals surface area contributed by atoms with Crippen LogP contribution in [0.1, 0.15) is 81.9 Å². The minimum atomic E-state index is 0.506. The molecule has 32 heavy (non-hydrogen) atoms. The molecule has 1 unspecified atom stereocenters. The number of allylic oxidation sites excluding steroid dienone is 1. The summed E-state index contributed by atoms with van der Waals surface area (Å²) >= 11 is 0. The smallest absolute Gasteiger partial charge is 0.0733 e. The van der Waals surface area contributed by atoms with Crippen molar-refractivity contribution in [2.45, 2.75) is 71.6 Å². The summed E-state index contributed by atoms with van der Waals surface area (Å²) in [4.78, 5) is 0. The maximum Gasteiger partial charge on any atom is 0.0733 e. The summed E-state index contributed by atoms with van der Waals surface area (Å²) in [7, 11) is 0. The van der Waals surface area contributed by atoms with Gasteiger partial charge in [-0.25, -0.2) is 0 Å². The van der Waals surface area contributed by atoms with E-state index in [4.69, 9.17) is 5.10 Å². The summed E-state index contributed by atoms with van der Waals surface area (Å²) in [6.07, 6.45) is 14.9. The highest BCUT2D eigenvalue weighted by molar-refractivity contribution is 6.02. The second-order valence-corrected chi connectivity index (χ2v) is 9.40. The van der Waals surface area contributed by atoms with Gasteiger partial charge in [-0.05, 0) is 73.5 Å². The molecule has 1 atom stereocenters. The van der Waals surface area contributed by atoms with Crippen LogP contribution in [0.4, 0.5) is 0 Å². The molecule has 2 aromatic rings. The van der Waals surface area contributed by atoms with Crippen LogP contribution in [-0.4, -0.2) is 11.9 Å². The van der Waals surface area contributed by atoms with Gasteiger partial charge in [-0.1, -0.05) is 87.4 Å². The Balaban J connectivity index is 1.68. The van der Waals surface area contributed by atoms with Crippen molar-refractivity contribution in [1.29, 1.82) is 0 Å². The third kappa shape index (κ3) is 7.29. The normalized spacial score (nSPS) is 20.4. The minimum absolute atomic E-state index is 0.506. The predicted octanol–water partition coefficient (Wildman–Crippen LogP) is 8.26. The van der Waals surface area contributed by atoms with Crippen LogP contribution < -0.4 is 0 Å². The summed E-state index contributed by atoms with van der Waals surface area (Å²) in [5.41, 5.74) is 4.84. The first-order chi connectivity index (χ1) is 15.7. The summed E-state index contributed by atoms with van der Waals surface area (Å²) in [6.45, 7) is 8.54. The molecule has 1 saturated carbocycles. The van der Waals surface area contributed by atoms with E-state index >= 15 is 0 Å². The van der Waals surface area contributed by atoms with Gasteiger partial charge in [0.15, 0.2) is 0 Å². The van der Waals surface area contributed by atoms with Crippen molar-refractivity contribution in [2.75, 3.05) is 0 Å². The van der Waals surface area contributed by atoms with Crippen molar-refractivity contribution in [3.8, 4) is 0 Å². The Labute approximate surface area is 195 Å². The van der Waals surface area contributed by atoms with Crippen molar-refractivity contribution in [2.24, 2.45) is 28.0 Å². The van der Waals surface area contributed by atoms with E-state index in [1.54, 1.807) is 0 Å². The Morgan fingerprint density at radius 1 is 1.03 bits per heavy atom. The largest absolute Gasteiger partial charge is 0.158 e. The Bertz CT molecular complexity index is 855. The van der Waals surface area contributed by atoms with Crippen molar-refractivity contribution in [1.82, 2.24) is 0 Å². The predicted molar refractivity (Wildman–Crippen MR) is 140 cm³/mol. The van der Waals surface area contributed by atoms with Gasteiger partial charge in [0.05, 0.1) is 11.9 Å². The molecule has 1 fully saturated rings. The van der Waals surface area contributed by atoms with Gasteiger partial charge in [-0.2, -0.15) is 10.2 Å². The zero-order valence-electron chi connectivity index (χ0n) is 20.0. The number of benzene rings is 2. The van der Waals surface area contributed by atoms with Crippen molar-refractivity contribution in [3.63, 3.8) is 0 Å². The molecule has 0 bridgehead atoms. The molecule has 170 valence electrons. The maximum atomic E-state index is 4.78. The quantitative estimate of drug-likeness (QED) is 0.149. The topological polar surface area (TPSA) is 24.7 Å². The lowest BCUT2D eigenvalue weighted by atomic mass is 9.73. The lowest BCUT2D eigenvalue weighted by Gasteiger charge is -2.32. The van der Waals surface area contributed by atoms with E-state index in [1.165, 1.54) is 49.7 Å². The Hall–Kier alpha value is -2.48. The fourth-order valence-electron chi connectivity index (χ4n) is 5.02. The Morgan fingerprint density at radius 3 is 2.41 bits per heavy atom. The zero-order chi connectivity index (χ0) is 22.6. The van der Waals surface area contributed by atoms with E-state index in [0.29, 0.717) is 5.92 Å². The van der Waals surface area contributed by atoms with Gasteiger partial charge in [0.1, 0.15) is 0 Å². The van der Waals surface area contributed by atoms with Crippen LogP contribution in [0.15, 0.2) is 77.5 Å². The molecular formula is C30H40N2. The number of hydrogen-bond donors (Lipinski definition) is 0. The Kier molecular flexibility index (Phi) is 9.94. The molecule has 1 aliphatic rings. The number of hydrogen-bond acceptors (Lipinski definition) is 2. The molecule has 0 spiro atoms. The van der Waals surface area contributed by atoms with Gasteiger partial charge < -0.3 is 0 Å². The van der Waals surface area contributed by atoms with E-state index < -0.39 is 0 Å². The van der Waals surface area contributed by atoms with E-state index in [2.05, 4.69) is 80.1 Å². The van der Waals surface area contributed by atoms with Crippen LogP contribution in [0.2, 0.25) is 0 Å². The first kappa shape index (κ1) is 24.2. The summed E-state index contributed by atoms with van der Waals surface area (Å²) in [6, 6.07) is 19.3. The monoisotopic (exact) mass is 428 g/mol. The highest BCUT2D eigenvalue weighted by Crippen LogP contribution is 2.36. The fourth-order valence-corrected chi connectivity index (χ4v) is 5.02. The van der Waals surface area contributed by atoms with Gasteiger partial charge >= 0.3 is 0 Å². The molecule has 0 radical (unpaired) electrons. The van der Waals surface area contributed by atoms with Crippen molar-refractivity contribution >= 4 is 11.9 Å². The second-order valence-electron chi connectivity index (χ2n) is 9.40. The molecule has 2 heteroatoms. The maximum absolute atomic E-state index is 4.78. The highest BCUT2D eigenvalue weighted by Gasteiger charge is 2.28. The van der Waals surface area contributed by atoms with Crippen LogP contribution in [0.3, 0.4) is 0 Å². The van der Waals surface area contributed by atoms with E-state index in [9.17, 15) is 0 Å². The molecule has 3 rings (SSSR count). The summed E-state index contributed by atoms with van der Waals surface area (Å²) in [5, 5.41) is 9.31.